The van der Waals surface area contributed by atoms with E-state index in [9.17, 15) is 4.79 Å². The Labute approximate surface area is 98.0 Å². The van der Waals surface area contributed by atoms with E-state index in [1.54, 1.807) is 0 Å². The van der Waals surface area contributed by atoms with Crippen LogP contribution in [0.3, 0.4) is 0 Å². The van der Waals surface area contributed by atoms with Gasteiger partial charge >= 0.3 is 6.09 Å². The fourth-order valence-electron chi connectivity index (χ4n) is 1.58. The van der Waals surface area contributed by atoms with Gasteiger partial charge in [-0.1, -0.05) is 51.9 Å². The van der Waals surface area contributed by atoms with Crippen LogP contribution in [0.4, 0.5) is 4.79 Å². The van der Waals surface area contributed by atoms with Crippen LogP contribution in [0.1, 0.15) is 58.3 Å². The lowest BCUT2D eigenvalue weighted by Crippen LogP contribution is -2.39. The van der Waals surface area contributed by atoms with Gasteiger partial charge in [-0.05, 0) is 6.42 Å². The van der Waals surface area contributed by atoms with Crippen molar-refractivity contribution in [2.45, 2.75) is 58.3 Å². The topological polar surface area (TPSA) is 81.6 Å². The molecule has 0 bridgehead atoms. The Balaban J connectivity index is 3.17. The van der Waals surface area contributed by atoms with E-state index in [0.717, 1.165) is 17.9 Å². The Hall–Kier alpha value is -0.810. The van der Waals surface area contributed by atoms with Crippen molar-refractivity contribution in [1.29, 1.82) is 0 Å². The molecule has 0 heterocycles. The molecule has 0 aliphatic rings. The van der Waals surface area contributed by atoms with Gasteiger partial charge in [0.2, 0.25) is 0 Å². The standard InChI is InChI=1S/C11H25N3O2/c1-2-3-4-5-6-7-8-9-10-14(12)11(15)16-13/h2-10,12-13H2,1H3. The molecule has 0 saturated carbocycles. The van der Waals surface area contributed by atoms with E-state index in [1.165, 1.54) is 38.5 Å². The third-order valence-corrected chi connectivity index (χ3v) is 2.59. The quantitative estimate of drug-likeness (QED) is 0.276. The summed E-state index contributed by atoms with van der Waals surface area (Å²) >= 11 is 0. The molecule has 16 heavy (non-hydrogen) atoms. The SMILES string of the molecule is CCCCCCCCCCN(N)C(=O)ON. The largest absolute Gasteiger partial charge is 0.442 e. The van der Waals surface area contributed by atoms with Crippen LogP contribution in [0.2, 0.25) is 0 Å². The van der Waals surface area contributed by atoms with Gasteiger partial charge in [-0.2, -0.15) is 5.90 Å². The second kappa shape index (κ2) is 10.7. The zero-order chi connectivity index (χ0) is 12.2. The molecule has 0 unspecified atom stereocenters. The fraction of sp³-hybridized carbons (Fsp3) is 0.909. The number of nitrogens with zero attached hydrogens (tertiary/aromatic N) is 1. The van der Waals surface area contributed by atoms with Gasteiger partial charge in [0.05, 0.1) is 0 Å². The second-order valence-electron chi connectivity index (χ2n) is 4.05. The Morgan fingerprint density at radius 2 is 1.56 bits per heavy atom. The number of unbranched alkanes of at least 4 members (excludes halogenated alkanes) is 7. The summed E-state index contributed by atoms with van der Waals surface area (Å²) in [6.07, 6.45) is 9.05. The summed E-state index contributed by atoms with van der Waals surface area (Å²) in [4.78, 5) is 14.8. The molecule has 0 saturated heterocycles. The molecule has 0 atom stereocenters. The van der Waals surface area contributed by atoms with E-state index in [1.807, 2.05) is 0 Å². The Morgan fingerprint density at radius 1 is 1.06 bits per heavy atom. The van der Waals surface area contributed by atoms with Crippen LogP contribution in [0.25, 0.3) is 0 Å². The number of carbonyl (C=O) groups is 1. The zero-order valence-electron chi connectivity index (χ0n) is 10.3. The Bertz CT molecular complexity index is 177. The Kier molecular flexibility index (Phi) is 10.2. The van der Waals surface area contributed by atoms with E-state index in [0.29, 0.717) is 6.54 Å². The third kappa shape index (κ3) is 8.49. The minimum Gasteiger partial charge on any atom is -0.356 e. The molecule has 96 valence electrons. The molecule has 0 spiro atoms. The number of hydrazine groups is 1. The van der Waals surface area contributed by atoms with Gasteiger partial charge in [0.15, 0.2) is 0 Å². The molecule has 0 aromatic rings. The van der Waals surface area contributed by atoms with E-state index >= 15 is 0 Å². The van der Waals surface area contributed by atoms with Crippen molar-refractivity contribution >= 4 is 6.09 Å². The number of rotatable bonds is 9. The predicted octanol–water partition coefficient (Wildman–Crippen LogP) is 2.31. The van der Waals surface area contributed by atoms with Crippen molar-refractivity contribution in [3.63, 3.8) is 0 Å². The molecule has 0 aromatic heterocycles. The molecule has 0 rings (SSSR count). The van der Waals surface area contributed by atoms with Crippen LogP contribution >= 0.6 is 0 Å². The zero-order valence-corrected chi connectivity index (χ0v) is 10.3. The second-order valence-corrected chi connectivity index (χ2v) is 4.05. The number of amides is 1. The Morgan fingerprint density at radius 3 is 2.06 bits per heavy atom. The number of carbonyl (C=O) groups excluding carboxylic acids is 1. The maximum absolute atomic E-state index is 10.8. The number of hydrogen-bond donors (Lipinski definition) is 2. The highest BCUT2D eigenvalue weighted by atomic mass is 16.7. The molecular weight excluding hydrogens is 206 g/mol. The number of nitrogens with two attached hydrogens (primary N) is 2. The normalized spacial score (nSPS) is 10.2. The van der Waals surface area contributed by atoms with E-state index in [2.05, 4.69) is 11.8 Å². The number of hydrogen-bond acceptors (Lipinski definition) is 4. The average molecular weight is 231 g/mol. The summed E-state index contributed by atoms with van der Waals surface area (Å²) in [5.74, 6) is 10.1. The maximum atomic E-state index is 10.8. The van der Waals surface area contributed by atoms with Crippen LogP contribution in [0.15, 0.2) is 0 Å². The molecule has 0 aliphatic carbocycles. The molecule has 0 aliphatic heterocycles. The van der Waals surface area contributed by atoms with Crippen molar-refractivity contribution in [3.05, 3.63) is 0 Å². The molecular formula is C11H25N3O2. The van der Waals surface area contributed by atoms with Crippen molar-refractivity contribution < 1.29 is 9.63 Å². The molecule has 0 radical (unpaired) electrons. The monoisotopic (exact) mass is 231 g/mol. The summed E-state index contributed by atoms with van der Waals surface area (Å²) in [5.41, 5.74) is 0. The van der Waals surface area contributed by atoms with Crippen LogP contribution in [0.5, 0.6) is 0 Å². The summed E-state index contributed by atoms with van der Waals surface area (Å²) in [6.45, 7) is 2.72. The summed E-state index contributed by atoms with van der Waals surface area (Å²) in [7, 11) is 0. The fourth-order valence-corrected chi connectivity index (χ4v) is 1.58. The molecule has 5 nitrogen and oxygen atoms in total. The van der Waals surface area contributed by atoms with Crippen molar-refractivity contribution in [2.24, 2.45) is 11.7 Å². The van der Waals surface area contributed by atoms with Crippen LogP contribution in [-0.2, 0) is 4.84 Å². The van der Waals surface area contributed by atoms with Gasteiger partial charge in [0.1, 0.15) is 0 Å². The van der Waals surface area contributed by atoms with Gasteiger partial charge in [0, 0.05) is 6.54 Å². The predicted molar refractivity (Wildman–Crippen MR) is 64.2 cm³/mol. The third-order valence-electron chi connectivity index (χ3n) is 2.59. The van der Waals surface area contributed by atoms with Crippen molar-refractivity contribution in [3.8, 4) is 0 Å². The highest BCUT2D eigenvalue weighted by molar-refractivity contribution is 5.66. The highest BCUT2D eigenvalue weighted by Gasteiger charge is 2.07. The highest BCUT2D eigenvalue weighted by Crippen LogP contribution is 2.08. The van der Waals surface area contributed by atoms with Crippen LogP contribution in [0, 0.1) is 0 Å². The lowest BCUT2D eigenvalue weighted by molar-refractivity contribution is 0.102. The van der Waals surface area contributed by atoms with Gasteiger partial charge in [-0.3, -0.25) is 0 Å². The molecule has 0 aromatic carbocycles. The smallest absolute Gasteiger partial charge is 0.356 e. The first kappa shape index (κ1) is 15.2. The van der Waals surface area contributed by atoms with Gasteiger partial charge < -0.3 is 4.84 Å². The summed E-state index contributed by atoms with van der Waals surface area (Å²) in [5, 5.41) is 1.01. The minimum absolute atomic E-state index is 0.505. The van der Waals surface area contributed by atoms with E-state index in [-0.39, 0.29) is 0 Å². The molecule has 1 amide bonds. The van der Waals surface area contributed by atoms with Gasteiger partial charge in [0.25, 0.3) is 0 Å². The van der Waals surface area contributed by atoms with Crippen LogP contribution in [-0.4, -0.2) is 17.6 Å². The summed E-state index contributed by atoms with van der Waals surface area (Å²) < 4.78 is 0. The maximum Gasteiger partial charge on any atom is 0.442 e. The molecule has 0 fully saturated rings. The summed E-state index contributed by atoms with van der Waals surface area (Å²) in [6, 6.07) is 0. The average Bonchev–Trinajstić information content (AvgIpc) is 2.31. The van der Waals surface area contributed by atoms with Crippen molar-refractivity contribution in [1.82, 2.24) is 5.01 Å². The van der Waals surface area contributed by atoms with E-state index < -0.39 is 6.09 Å². The first-order valence-corrected chi connectivity index (χ1v) is 6.15. The minimum atomic E-state index is -0.678. The first-order chi connectivity index (χ1) is 7.72. The van der Waals surface area contributed by atoms with Crippen LogP contribution < -0.4 is 11.7 Å². The molecule has 4 N–H and O–H groups in total. The lowest BCUT2D eigenvalue weighted by atomic mass is 10.1. The van der Waals surface area contributed by atoms with Gasteiger partial charge in [-0.15, -0.1) is 0 Å². The lowest BCUT2D eigenvalue weighted by Gasteiger charge is -2.13. The molecule has 5 heteroatoms. The van der Waals surface area contributed by atoms with E-state index in [4.69, 9.17) is 11.7 Å². The first-order valence-electron chi connectivity index (χ1n) is 6.15. The van der Waals surface area contributed by atoms with Gasteiger partial charge in [-0.25, -0.2) is 15.6 Å². The van der Waals surface area contributed by atoms with Crippen molar-refractivity contribution in [2.75, 3.05) is 6.54 Å².